The van der Waals surface area contributed by atoms with E-state index in [0.717, 1.165) is 48.5 Å². The summed E-state index contributed by atoms with van der Waals surface area (Å²) in [6.45, 7) is 0.711. The molecule has 38 heavy (non-hydrogen) atoms. The van der Waals surface area contributed by atoms with E-state index in [1.807, 2.05) is 0 Å². The highest BCUT2D eigenvalue weighted by Crippen LogP contribution is 2.37. The summed E-state index contributed by atoms with van der Waals surface area (Å²) < 4.78 is 66.9. The number of sulfonamides is 1. The predicted octanol–water partition coefficient (Wildman–Crippen LogP) is 5.36. The molecule has 1 saturated carbocycles. The molecule has 0 spiro atoms. The van der Waals surface area contributed by atoms with Crippen molar-refractivity contribution in [3.05, 3.63) is 63.1 Å². The Morgan fingerprint density at radius 1 is 1.13 bits per heavy atom. The van der Waals surface area contributed by atoms with Crippen LogP contribution >= 0.6 is 27.5 Å². The lowest BCUT2D eigenvalue weighted by Crippen LogP contribution is -2.52. The average molecular weight is 639 g/mol. The van der Waals surface area contributed by atoms with E-state index in [-0.39, 0.29) is 24.2 Å². The third kappa shape index (κ3) is 7.86. The second-order valence-electron chi connectivity index (χ2n) is 9.25. The van der Waals surface area contributed by atoms with Crippen molar-refractivity contribution in [1.29, 1.82) is 0 Å². The van der Waals surface area contributed by atoms with Crippen LogP contribution in [0.4, 0.5) is 18.9 Å². The van der Waals surface area contributed by atoms with Crippen molar-refractivity contribution in [3.63, 3.8) is 0 Å². The minimum absolute atomic E-state index is 0.00282. The van der Waals surface area contributed by atoms with E-state index in [1.165, 1.54) is 11.8 Å². The Morgan fingerprint density at radius 2 is 1.74 bits per heavy atom. The van der Waals surface area contributed by atoms with Crippen LogP contribution in [-0.2, 0) is 32.3 Å². The lowest BCUT2D eigenvalue weighted by molar-refractivity contribution is -0.139. The lowest BCUT2D eigenvalue weighted by atomic mass is 10.1. The van der Waals surface area contributed by atoms with Crippen LogP contribution in [0.1, 0.15) is 43.7 Å². The highest BCUT2D eigenvalue weighted by molar-refractivity contribution is 9.10. The Bertz CT molecular complexity index is 1270. The summed E-state index contributed by atoms with van der Waals surface area (Å²) in [6, 6.07) is 8.66. The largest absolute Gasteiger partial charge is 0.417 e. The first-order chi connectivity index (χ1) is 17.7. The van der Waals surface area contributed by atoms with Crippen LogP contribution in [0.5, 0.6) is 0 Å². The zero-order valence-electron chi connectivity index (χ0n) is 20.8. The Kier molecular flexibility index (Phi) is 9.75. The van der Waals surface area contributed by atoms with Gasteiger partial charge in [-0.3, -0.25) is 13.9 Å². The Hall–Kier alpha value is -2.31. The number of carbonyl (C=O) groups excluding carboxylic acids is 2. The average Bonchev–Trinajstić information content (AvgIpc) is 3.33. The predicted molar refractivity (Wildman–Crippen MR) is 143 cm³/mol. The van der Waals surface area contributed by atoms with Crippen molar-refractivity contribution in [2.24, 2.45) is 0 Å². The standard InChI is InChI=1S/C25H28BrClF3N3O4S/c1-16(24(35)31-19-5-3-4-6-19)32(14-17-7-9-18(26)10-8-17)23(34)15-33(38(2,36)37)20-11-12-22(27)21(13-20)25(28,29)30/h7-13,16,19H,3-6,14-15H2,1-2H3,(H,31,35)/t16-/m1/s1. The van der Waals surface area contributed by atoms with Gasteiger partial charge in [0.15, 0.2) is 0 Å². The molecular formula is C25H28BrClF3N3O4S. The van der Waals surface area contributed by atoms with E-state index in [0.29, 0.717) is 15.9 Å². The Morgan fingerprint density at radius 3 is 2.29 bits per heavy atom. The van der Waals surface area contributed by atoms with Gasteiger partial charge < -0.3 is 10.2 Å². The van der Waals surface area contributed by atoms with Crippen LogP contribution in [-0.4, -0.2) is 50.0 Å². The van der Waals surface area contributed by atoms with Crippen molar-refractivity contribution < 1.29 is 31.2 Å². The molecule has 208 valence electrons. The number of benzene rings is 2. The van der Waals surface area contributed by atoms with Crippen LogP contribution in [0.2, 0.25) is 5.02 Å². The lowest BCUT2D eigenvalue weighted by Gasteiger charge is -2.32. The maximum Gasteiger partial charge on any atom is 0.417 e. The topological polar surface area (TPSA) is 86.8 Å². The summed E-state index contributed by atoms with van der Waals surface area (Å²) in [5, 5.41) is 2.34. The van der Waals surface area contributed by atoms with Gasteiger partial charge >= 0.3 is 6.18 Å². The van der Waals surface area contributed by atoms with Crippen LogP contribution in [0.25, 0.3) is 0 Å². The summed E-state index contributed by atoms with van der Waals surface area (Å²) in [5.74, 6) is -1.14. The third-order valence-corrected chi connectivity index (χ3v) is 8.36. The number of amides is 2. The SMILES string of the molecule is C[C@H](C(=O)NC1CCCC1)N(Cc1ccc(Br)cc1)C(=O)CN(c1ccc(Cl)c(C(F)(F)F)c1)S(C)(=O)=O. The fourth-order valence-corrected chi connectivity index (χ4v) is 5.59. The molecule has 1 atom stereocenters. The zero-order valence-corrected chi connectivity index (χ0v) is 23.9. The fraction of sp³-hybridized carbons (Fsp3) is 0.440. The van der Waals surface area contributed by atoms with Crippen molar-refractivity contribution in [1.82, 2.24) is 10.2 Å². The molecule has 0 aliphatic heterocycles. The first-order valence-corrected chi connectivity index (χ1v) is 14.9. The second-order valence-corrected chi connectivity index (χ2v) is 12.5. The monoisotopic (exact) mass is 637 g/mol. The number of nitrogens with zero attached hydrogens (tertiary/aromatic N) is 2. The van der Waals surface area contributed by atoms with E-state index in [1.54, 1.807) is 24.3 Å². The molecule has 3 rings (SSSR count). The van der Waals surface area contributed by atoms with Gasteiger partial charge in [-0.15, -0.1) is 0 Å². The molecule has 0 unspecified atom stereocenters. The van der Waals surface area contributed by atoms with Crippen LogP contribution in [0.3, 0.4) is 0 Å². The number of rotatable bonds is 9. The Labute approximate surface area is 233 Å². The van der Waals surface area contributed by atoms with Gasteiger partial charge in [0.1, 0.15) is 12.6 Å². The minimum Gasteiger partial charge on any atom is -0.352 e. The summed E-state index contributed by atoms with van der Waals surface area (Å²) in [4.78, 5) is 27.8. The van der Waals surface area contributed by atoms with Crippen LogP contribution < -0.4 is 9.62 Å². The molecule has 2 aromatic carbocycles. The molecule has 1 aliphatic rings. The van der Waals surface area contributed by atoms with Gasteiger partial charge in [0.2, 0.25) is 21.8 Å². The molecule has 1 fully saturated rings. The molecule has 0 bridgehead atoms. The smallest absolute Gasteiger partial charge is 0.352 e. The molecule has 7 nitrogen and oxygen atoms in total. The van der Waals surface area contributed by atoms with Crippen LogP contribution in [0.15, 0.2) is 46.9 Å². The number of carbonyl (C=O) groups is 2. The molecule has 1 aliphatic carbocycles. The number of anilines is 1. The summed E-state index contributed by atoms with van der Waals surface area (Å²) >= 11 is 9.03. The number of alkyl halides is 3. The van der Waals surface area contributed by atoms with Gasteiger partial charge in [-0.05, 0) is 55.7 Å². The van der Waals surface area contributed by atoms with E-state index >= 15 is 0 Å². The van der Waals surface area contributed by atoms with E-state index in [2.05, 4.69) is 21.2 Å². The van der Waals surface area contributed by atoms with E-state index in [9.17, 15) is 31.2 Å². The van der Waals surface area contributed by atoms with Gasteiger partial charge in [0, 0.05) is 17.1 Å². The molecular weight excluding hydrogens is 611 g/mol. The van der Waals surface area contributed by atoms with Gasteiger partial charge in [0.25, 0.3) is 0 Å². The molecule has 0 saturated heterocycles. The zero-order chi connectivity index (χ0) is 28.3. The molecule has 13 heteroatoms. The Balaban J connectivity index is 1.93. The van der Waals surface area contributed by atoms with Gasteiger partial charge in [-0.25, -0.2) is 8.42 Å². The first-order valence-electron chi connectivity index (χ1n) is 11.9. The maximum absolute atomic E-state index is 13.6. The minimum atomic E-state index is -4.83. The third-order valence-electron chi connectivity index (χ3n) is 6.36. The molecule has 0 heterocycles. The quantitative estimate of drug-likeness (QED) is 0.401. The number of hydrogen-bond acceptors (Lipinski definition) is 4. The first kappa shape index (κ1) is 30.2. The number of hydrogen-bond donors (Lipinski definition) is 1. The van der Waals surface area contributed by atoms with Crippen molar-refractivity contribution in [2.75, 3.05) is 17.1 Å². The summed E-state index contributed by atoms with van der Waals surface area (Å²) in [5.41, 5.74) is -0.920. The van der Waals surface area contributed by atoms with E-state index in [4.69, 9.17) is 11.6 Å². The van der Waals surface area contributed by atoms with Crippen molar-refractivity contribution in [3.8, 4) is 0 Å². The van der Waals surface area contributed by atoms with Crippen molar-refractivity contribution in [2.45, 2.75) is 57.4 Å². The van der Waals surface area contributed by atoms with Gasteiger partial charge in [0.05, 0.1) is 22.5 Å². The summed E-state index contributed by atoms with van der Waals surface area (Å²) in [7, 11) is -4.20. The highest BCUT2D eigenvalue weighted by Gasteiger charge is 2.36. The molecule has 0 aromatic heterocycles. The fourth-order valence-electron chi connectivity index (χ4n) is 4.26. The van der Waals surface area contributed by atoms with Gasteiger partial charge in [-0.1, -0.05) is 52.5 Å². The number of halogens is 5. The normalized spacial score (nSPS) is 15.2. The molecule has 0 radical (unpaired) electrons. The summed E-state index contributed by atoms with van der Waals surface area (Å²) in [6.07, 6.45) is -0.396. The van der Waals surface area contributed by atoms with Gasteiger partial charge in [-0.2, -0.15) is 13.2 Å². The molecule has 2 amide bonds. The molecule has 1 N–H and O–H groups in total. The number of nitrogens with one attached hydrogen (secondary N) is 1. The van der Waals surface area contributed by atoms with E-state index < -0.39 is 45.3 Å². The van der Waals surface area contributed by atoms with Crippen molar-refractivity contribution >= 4 is 55.1 Å². The maximum atomic E-state index is 13.6. The highest BCUT2D eigenvalue weighted by atomic mass is 79.9. The molecule has 2 aromatic rings. The van der Waals surface area contributed by atoms with Crippen LogP contribution in [0, 0.1) is 0 Å². The second kappa shape index (κ2) is 12.3.